The van der Waals surface area contributed by atoms with Crippen molar-refractivity contribution in [2.75, 3.05) is 55.1 Å². The third-order valence-electron chi connectivity index (χ3n) is 6.71. The van der Waals surface area contributed by atoms with Crippen LogP contribution in [0.4, 0.5) is 30.2 Å². The Hall–Kier alpha value is -3.38. The number of amides is 1. The van der Waals surface area contributed by atoms with E-state index in [4.69, 9.17) is 9.47 Å². The van der Waals surface area contributed by atoms with E-state index in [1.54, 1.807) is 16.9 Å². The lowest BCUT2D eigenvalue weighted by Crippen LogP contribution is -2.36. The Morgan fingerprint density at radius 1 is 1.11 bits per heavy atom. The standard InChI is InChI=1S/C25H29F3N6O3/c1-2-34-23-18(15-30-34)22(31-16-5-9-36-10-6-16)19(14-29-23)24(35)32-21-4-3-17(13-20(21)25(26,27)28)33-7-11-37-12-8-33/h3-4,13-16H,2,5-12H2,1H3,(H,29,31)(H,32,35). The van der Waals surface area contributed by atoms with Gasteiger partial charge in [-0.2, -0.15) is 18.3 Å². The number of carbonyl (C=O) groups is 1. The van der Waals surface area contributed by atoms with Gasteiger partial charge in [0.15, 0.2) is 5.65 Å². The van der Waals surface area contributed by atoms with Gasteiger partial charge in [-0.05, 0) is 38.0 Å². The second-order valence-corrected chi connectivity index (χ2v) is 9.06. The molecule has 0 unspecified atom stereocenters. The molecule has 0 saturated carbocycles. The minimum absolute atomic E-state index is 0.0504. The van der Waals surface area contributed by atoms with Crippen molar-refractivity contribution >= 4 is 34.0 Å². The highest BCUT2D eigenvalue weighted by molar-refractivity contribution is 6.12. The monoisotopic (exact) mass is 518 g/mol. The van der Waals surface area contributed by atoms with Gasteiger partial charge in [0.05, 0.1) is 47.3 Å². The zero-order valence-corrected chi connectivity index (χ0v) is 20.5. The van der Waals surface area contributed by atoms with Crippen LogP contribution >= 0.6 is 0 Å². The Labute approximate surface area is 211 Å². The molecule has 0 bridgehead atoms. The summed E-state index contributed by atoms with van der Waals surface area (Å²) in [6.07, 6.45) is -0.147. The highest BCUT2D eigenvalue weighted by Gasteiger charge is 2.35. The molecule has 9 nitrogen and oxygen atoms in total. The molecule has 198 valence electrons. The van der Waals surface area contributed by atoms with E-state index < -0.39 is 17.6 Å². The molecular formula is C25H29F3N6O3. The Kier molecular flexibility index (Phi) is 7.20. The van der Waals surface area contributed by atoms with Crippen LogP contribution < -0.4 is 15.5 Å². The number of hydrogen-bond acceptors (Lipinski definition) is 7. The van der Waals surface area contributed by atoms with Crippen molar-refractivity contribution in [3.05, 3.63) is 41.7 Å². The summed E-state index contributed by atoms with van der Waals surface area (Å²) in [6, 6.07) is 4.02. The topological polar surface area (TPSA) is 93.5 Å². The number of hydrogen-bond donors (Lipinski definition) is 2. The quantitative estimate of drug-likeness (QED) is 0.507. The molecule has 5 rings (SSSR count). The molecular weight excluding hydrogens is 489 g/mol. The zero-order valence-electron chi connectivity index (χ0n) is 20.5. The summed E-state index contributed by atoms with van der Waals surface area (Å²) in [5.74, 6) is -0.683. The van der Waals surface area contributed by atoms with Crippen molar-refractivity contribution < 1.29 is 27.4 Å². The fraction of sp³-hybridized carbons (Fsp3) is 0.480. The molecule has 1 amide bonds. The second-order valence-electron chi connectivity index (χ2n) is 9.06. The average molecular weight is 519 g/mol. The summed E-state index contributed by atoms with van der Waals surface area (Å²) >= 11 is 0. The summed E-state index contributed by atoms with van der Waals surface area (Å²) < 4.78 is 54.6. The lowest BCUT2D eigenvalue weighted by atomic mass is 10.1. The number of halogens is 3. The Bertz CT molecular complexity index is 1270. The summed E-state index contributed by atoms with van der Waals surface area (Å²) in [5.41, 5.74) is 0.477. The molecule has 0 aliphatic carbocycles. The number of carbonyl (C=O) groups excluding carboxylic acids is 1. The first-order valence-corrected chi connectivity index (χ1v) is 12.4. The van der Waals surface area contributed by atoms with Crippen molar-refractivity contribution in [3.63, 3.8) is 0 Å². The van der Waals surface area contributed by atoms with Crippen molar-refractivity contribution in [2.45, 2.75) is 38.5 Å². The van der Waals surface area contributed by atoms with Crippen LogP contribution in [0.3, 0.4) is 0 Å². The summed E-state index contributed by atoms with van der Waals surface area (Å²) in [7, 11) is 0. The predicted molar refractivity (Wildman–Crippen MR) is 133 cm³/mol. The van der Waals surface area contributed by atoms with Gasteiger partial charge in [-0.3, -0.25) is 4.79 Å². The maximum atomic E-state index is 14.0. The van der Waals surface area contributed by atoms with Crippen LogP contribution in [0.5, 0.6) is 0 Å². The maximum absolute atomic E-state index is 14.0. The van der Waals surface area contributed by atoms with Crippen LogP contribution in [0.2, 0.25) is 0 Å². The van der Waals surface area contributed by atoms with Crippen LogP contribution in [0.25, 0.3) is 11.0 Å². The molecule has 1 aromatic carbocycles. The SMILES string of the molecule is CCn1ncc2c(NC3CCOCC3)c(C(=O)Nc3ccc(N4CCOCC4)cc3C(F)(F)F)cnc21. The third kappa shape index (κ3) is 5.35. The lowest BCUT2D eigenvalue weighted by Gasteiger charge is -2.29. The van der Waals surface area contributed by atoms with Gasteiger partial charge in [-0.1, -0.05) is 0 Å². The largest absolute Gasteiger partial charge is 0.418 e. The molecule has 12 heteroatoms. The van der Waals surface area contributed by atoms with E-state index in [1.807, 2.05) is 11.8 Å². The van der Waals surface area contributed by atoms with Crippen LogP contribution in [0.1, 0.15) is 35.7 Å². The van der Waals surface area contributed by atoms with Gasteiger partial charge >= 0.3 is 6.18 Å². The van der Waals surface area contributed by atoms with Gasteiger partial charge in [0, 0.05) is 50.8 Å². The molecule has 0 spiro atoms. The number of morpholine rings is 1. The first kappa shape index (κ1) is 25.3. The number of nitrogens with one attached hydrogen (secondary N) is 2. The summed E-state index contributed by atoms with van der Waals surface area (Å²) in [6.45, 7) is 5.60. The Morgan fingerprint density at radius 2 is 1.84 bits per heavy atom. The van der Waals surface area contributed by atoms with E-state index in [2.05, 4.69) is 20.7 Å². The maximum Gasteiger partial charge on any atom is 0.418 e. The highest BCUT2D eigenvalue weighted by atomic mass is 19.4. The summed E-state index contributed by atoms with van der Waals surface area (Å²) in [4.78, 5) is 19.7. The number of benzene rings is 1. The van der Waals surface area contributed by atoms with Gasteiger partial charge in [0.1, 0.15) is 0 Å². The van der Waals surface area contributed by atoms with Gasteiger partial charge in [0.2, 0.25) is 0 Å². The van der Waals surface area contributed by atoms with Crippen molar-refractivity contribution in [1.82, 2.24) is 14.8 Å². The smallest absolute Gasteiger partial charge is 0.381 e. The Balaban J connectivity index is 1.49. The number of nitrogens with zero attached hydrogens (tertiary/aromatic N) is 4. The first-order valence-electron chi connectivity index (χ1n) is 12.4. The minimum Gasteiger partial charge on any atom is -0.381 e. The van der Waals surface area contributed by atoms with E-state index in [0.29, 0.717) is 68.5 Å². The van der Waals surface area contributed by atoms with Gasteiger partial charge in [-0.15, -0.1) is 0 Å². The Morgan fingerprint density at radius 3 is 2.54 bits per heavy atom. The molecule has 4 heterocycles. The number of aryl methyl sites for hydroxylation is 1. The minimum atomic E-state index is -4.65. The van der Waals surface area contributed by atoms with Gasteiger partial charge < -0.3 is 25.0 Å². The van der Waals surface area contributed by atoms with E-state index >= 15 is 0 Å². The predicted octanol–water partition coefficient (Wildman–Crippen LogP) is 4.15. The average Bonchev–Trinajstić information content (AvgIpc) is 3.33. The first-order chi connectivity index (χ1) is 17.8. The molecule has 2 N–H and O–H groups in total. The molecule has 37 heavy (non-hydrogen) atoms. The fourth-order valence-electron chi connectivity index (χ4n) is 4.72. The van der Waals surface area contributed by atoms with E-state index in [1.165, 1.54) is 12.3 Å². The number of fused-ring (bicyclic) bond motifs is 1. The van der Waals surface area contributed by atoms with Crippen LogP contribution in [0, 0.1) is 0 Å². The van der Waals surface area contributed by atoms with Crippen LogP contribution in [-0.4, -0.2) is 66.2 Å². The molecule has 2 aliphatic rings. The lowest BCUT2D eigenvalue weighted by molar-refractivity contribution is -0.136. The number of pyridine rings is 1. The molecule has 0 radical (unpaired) electrons. The number of ether oxygens (including phenoxy) is 2. The van der Waals surface area contributed by atoms with E-state index in [9.17, 15) is 18.0 Å². The van der Waals surface area contributed by atoms with E-state index in [0.717, 1.165) is 18.9 Å². The van der Waals surface area contributed by atoms with Gasteiger partial charge in [-0.25, -0.2) is 9.67 Å². The number of rotatable bonds is 6. The number of aromatic nitrogens is 3. The number of alkyl halides is 3. The molecule has 2 saturated heterocycles. The molecule has 2 aliphatic heterocycles. The fourth-order valence-corrected chi connectivity index (χ4v) is 4.72. The normalized spacial score (nSPS) is 17.2. The second kappa shape index (κ2) is 10.5. The van der Waals surface area contributed by atoms with Crippen LogP contribution in [0.15, 0.2) is 30.6 Å². The molecule has 2 fully saturated rings. The third-order valence-corrected chi connectivity index (χ3v) is 6.71. The van der Waals surface area contributed by atoms with Gasteiger partial charge in [0.25, 0.3) is 5.91 Å². The summed E-state index contributed by atoms with van der Waals surface area (Å²) in [5, 5.41) is 10.9. The molecule has 2 aromatic heterocycles. The molecule has 0 atom stereocenters. The molecule has 3 aromatic rings. The van der Waals surface area contributed by atoms with E-state index in [-0.39, 0.29) is 17.3 Å². The van der Waals surface area contributed by atoms with Crippen LogP contribution in [-0.2, 0) is 22.2 Å². The van der Waals surface area contributed by atoms with Crippen molar-refractivity contribution in [3.8, 4) is 0 Å². The van der Waals surface area contributed by atoms with Crippen molar-refractivity contribution in [1.29, 1.82) is 0 Å². The zero-order chi connectivity index (χ0) is 26.0. The van der Waals surface area contributed by atoms with Crippen molar-refractivity contribution in [2.24, 2.45) is 0 Å². The number of anilines is 3. The highest BCUT2D eigenvalue weighted by Crippen LogP contribution is 2.38.